The average molecular weight is 265 g/mol. The molecule has 0 bridgehead atoms. The first kappa shape index (κ1) is 14.8. The second-order valence-electron chi connectivity index (χ2n) is 4.26. The number of nitrogens with one attached hydrogen (secondary N) is 3. The molecular formula is C13H19N3O3. The third-order valence-corrected chi connectivity index (χ3v) is 2.46. The maximum absolute atomic E-state index is 11.3. The van der Waals surface area contributed by atoms with Crippen LogP contribution >= 0.6 is 0 Å². The number of rotatable bonds is 4. The van der Waals surface area contributed by atoms with E-state index < -0.39 is 11.9 Å². The first-order chi connectivity index (χ1) is 9.02. The van der Waals surface area contributed by atoms with Gasteiger partial charge in [0.2, 0.25) is 0 Å². The third kappa shape index (κ3) is 5.29. The van der Waals surface area contributed by atoms with Crippen molar-refractivity contribution >= 4 is 11.9 Å². The molecule has 104 valence electrons. The van der Waals surface area contributed by atoms with Crippen LogP contribution in [0.1, 0.15) is 25.3 Å². The normalized spacial score (nSPS) is 9.89. The Labute approximate surface area is 112 Å². The summed E-state index contributed by atoms with van der Waals surface area (Å²) >= 11 is 0. The maximum atomic E-state index is 11.3. The molecule has 0 spiro atoms. The number of hydrogen-bond donors (Lipinski definition) is 3. The van der Waals surface area contributed by atoms with Gasteiger partial charge in [-0.1, -0.05) is 26.0 Å². The molecule has 3 amide bonds. The van der Waals surface area contributed by atoms with Gasteiger partial charge in [0.15, 0.2) is 6.61 Å². The first-order valence-corrected chi connectivity index (χ1v) is 6.02. The van der Waals surface area contributed by atoms with E-state index in [1.54, 1.807) is 0 Å². The lowest BCUT2D eigenvalue weighted by molar-refractivity contribution is -0.123. The van der Waals surface area contributed by atoms with Gasteiger partial charge in [0.1, 0.15) is 5.75 Å². The van der Waals surface area contributed by atoms with Crippen LogP contribution in [-0.4, -0.2) is 25.6 Å². The zero-order valence-corrected chi connectivity index (χ0v) is 11.3. The third-order valence-electron chi connectivity index (χ3n) is 2.46. The molecule has 1 aromatic rings. The molecule has 0 aliphatic heterocycles. The van der Waals surface area contributed by atoms with E-state index in [2.05, 4.69) is 30.0 Å². The Hall–Kier alpha value is -2.24. The summed E-state index contributed by atoms with van der Waals surface area (Å²) in [6.45, 7) is 4.05. The minimum atomic E-state index is -0.491. The topological polar surface area (TPSA) is 79.5 Å². The predicted octanol–water partition coefficient (Wildman–Crippen LogP) is 1.15. The van der Waals surface area contributed by atoms with E-state index in [9.17, 15) is 9.59 Å². The van der Waals surface area contributed by atoms with Gasteiger partial charge in [-0.3, -0.25) is 10.2 Å². The van der Waals surface area contributed by atoms with Crippen LogP contribution in [0, 0.1) is 0 Å². The molecule has 0 radical (unpaired) electrons. The van der Waals surface area contributed by atoms with Crippen LogP contribution in [0.3, 0.4) is 0 Å². The SMILES string of the molecule is CNC(=O)NNC(=O)COc1ccc(C(C)C)cc1. The van der Waals surface area contributed by atoms with E-state index in [1.165, 1.54) is 12.6 Å². The summed E-state index contributed by atoms with van der Waals surface area (Å²) in [6, 6.07) is 7.06. The number of hydrazine groups is 1. The van der Waals surface area contributed by atoms with Crippen LogP contribution in [0.2, 0.25) is 0 Å². The van der Waals surface area contributed by atoms with E-state index >= 15 is 0 Å². The highest BCUT2D eigenvalue weighted by Gasteiger charge is 2.04. The molecule has 0 aliphatic carbocycles. The summed E-state index contributed by atoms with van der Waals surface area (Å²) in [5.74, 6) is 0.630. The highest BCUT2D eigenvalue weighted by molar-refractivity contribution is 5.81. The van der Waals surface area contributed by atoms with Crippen molar-refractivity contribution in [3.8, 4) is 5.75 Å². The van der Waals surface area contributed by atoms with Crippen LogP contribution in [0.15, 0.2) is 24.3 Å². The van der Waals surface area contributed by atoms with E-state index in [1.807, 2.05) is 24.3 Å². The maximum Gasteiger partial charge on any atom is 0.333 e. The van der Waals surface area contributed by atoms with Crippen LogP contribution in [0.4, 0.5) is 4.79 Å². The molecular weight excluding hydrogens is 246 g/mol. The van der Waals surface area contributed by atoms with Crippen molar-refractivity contribution in [3.05, 3.63) is 29.8 Å². The molecule has 6 nitrogen and oxygen atoms in total. The fraction of sp³-hybridized carbons (Fsp3) is 0.385. The lowest BCUT2D eigenvalue weighted by Crippen LogP contribution is -2.47. The second kappa shape index (κ2) is 7.25. The summed E-state index contributed by atoms with van der Waals surface area (Å²) in [4.78, 5) is 22.1. The number of carbonyl (C=O) groups is 2. The number of amides is 3. The van der Waals surface area contributed by atoms with Crippen molar-refractivity contribution in [1.82, 2.24) is 16.2 Å². The molecule has 3 N–H and O–H groups in total. The van der Waals surface area contributed by atoms with Crippen molar-refractivity contribution in [2.75, 3.05) is 13.7 Å². The molecule has 0 atom stereocenters. The van der Waals surface area contributed by atoms with Gasteiger partial charge in [0.05, 0.1) is 0 Å². The molecule has 6 heteroatoms. The monoisotopic (exact) mass is 265 g/mol. The Morgan fingerprint density at radius 3 is 2.32 bits per heavy atom. The lowest BCUT2D eigenvalue weighted by atomic mass is 10.0. The summed E-state index contributed by atoms with van der Waals surface area (Å²) < 4.78 is 5.28. The van der Waals surface area contributed by atoms with Crippen molar-refractivity contribution in [1.29, 1.82) is 0 Å². The smallest absolute Gasteiger partial charge is 0.333 e. The predicted molar refractivity (Wildman–Crippen MR) is 71.8 cm³/mol. The van der Waals surface area contributed by atoms with Gasteiger partial charge in [-0.2, -0.15) is 0 Å². The van der Waals surface area contributed by atoms with E-state index in [0.29, 0.717) is 11.7 Å². The molecule has 1 rings (SSSR count). The highest BCUT2D eigenvalue weighted by atomic mass is 16.5. The molecule has 0 aromatic heterocycles. The molecule has 0 fully saturated rings. The van der Waals surface area contributed by atoms with E-state index in [0.717, 1.165) is 0 Å². The summed E-state index contributed by atoms with van der Waals surface area (Å²) in [6.07, 6.45) is 0. The van der Waals surface area contributed by atoms with E-state index in [-0.39, 0.29) is 6.61 Å². The number of carbonyl (C=O) groups excluding carboxylic acids is 2. The van der Waals surface area contributed by atoms with Gasteiger partial charge in [0, 0.05) is 7.05 Å². The molecule has 19 heavy (non-hydrogen) atoms. The van der Waals surface area contributed by atoms with Crippen molar-refractivity contribution in [3.63, 3.8) is 0 Å². The molecule has 0 saturated carbocycles. The Morgan fingerprint density at radius 2 is 1.79 bits per heavy atom. The zero-order chi connectivity index (χ0) is 14.3. The highest BCUT2D eigenvalue weighted by Crippen LogP contribution is 2.18. The molecule has 1 aromatic carbocycles. The minimum Gasteiger partial charge on any atom is -0.484 e. The summed E-state index contributed by atoms with van der Waals surface area (Å²) in [7, 11) is 1.45. The number of ether oxygens (including phenoxy) is 1. The Bertz CT molecular complexity index is 429. The molecule has 0 heterocycles. The fourth-order valence-corrected chi connectivity index (χ4v) is 1.32. The zero-order valence-electron chi connectivity index (χ0n) is 11.3. The first-order valence-electron chi connectivity index (χ1n) is 6.02. The van der Waals surface area contributed by atoms with Crippen LogP contribution in [-0.2, 0) is 4.79 Å². The Morgan fingerprint density at radius 1 is 1.16 bits per heavy atom. The van der Waals surface area contributed by atoms with Crippen molar-refractivity contribution in [2.45, 2.75) is 19.8 Å². The number of urea groups is 1. The average Bonchev–Trinajstić information content (AvgIpc) is 2.42. The summed E-state index contributed by atoms with van der Waals surface area (Å²) in [5.41, 5.74) is 5.58. The van der Waals surface area contributed by atoms with Gasteiger partial charge in [-0.05, 0) is 23.6 Å². The molecule has 0 aliphatic rings. The fourth-order valence-electron chi connectivity index (χ4n) is 1.32. The largest absolute Gasteiger partial charge is 0.484 e. The number of benzene rings is 1. The second-order valence-corrected chi connectivity index (χ2v) is 4.26. The number of hydrogen-bond acceptors (Lipinski definition) is 3. The Kier molecular flexibility index (Phi) is 5.66. The van der Waals surface area contributed by atoms with Crippen LogP contribution in [0.25, 0.3) is 0 Å². The van der Waals surface area contributed by atoms with Gasteiger partial charge < -0.3 is 10.1 Å². The quantitative estimate of drug-likeness (QED) is 0.714. The Balaban J connectivity index is 2.35. The van der Waals surface area contributed by atoms with Crippen molar-refractivity contribution in [2.24, 2.45) is 0 Å². The lowest BCUT2D eigenvalue weighted by Gasteiger charge is -2.09. The van der Waals surface area contributed by atoms with Gasteiger partial charge in [-0.15, -0.1) is 0 Å². The van der Waals surface area contributed by atoms with Gasteiger partial charge >= 0.3 is 6.03 Å². The van der Waals surface area contributed by atoms with Crippen molar-refractivity contribution < 1.29 is 14.3 Å². The van der Waals surface area contributed by atoms with Crippen LogP contribution < -0.4 is 20.9 Å². The standard InChI is InChI=1S/C13H19N3O3/c1-9(2)10-4-6-11(7-5-10)19-8-12(17)15-16-13(18)14-3/h4-7,9H,8H2,1-3H3,(H,15,17)(H2,14,16,18). The van der Waals surface area contributed by atoms with Gasteiger partial charge in [-0.25, -0.2) is 10.2 Å². The van der Waals surface area contributed by atoms with Crippen LogP contribution in [0.5, 0.6) is 5.75 Å². The molecule has 0 saturated heterocycles. The van der Waals surface area contributed by atoms with E-state index in [4.69, 9.17) is 4.74 Å². The van der Waals surface area contributed by atoms with Gasteiger partial charge in [0.25, 0.3) is 5.91 Å². The molecule has 0 unspecified atom stereocenters. The summed E-state index contributed by atoms with van der Waals surface area (Å²) in [5, 5.41) is 2.31. The minimum absolute atomic E-state index is 0.162.